The minimum absolute atomic E-state index is 0.0260. The zero-order valence-electron chi connectivity index (χ0n) is 14.6. The first-order valence-electron chi connectivity index (χ1n) is 8.47. The van der Waals surface area contributed by atoms with Gasteiger partial charge in [0.15, 0.2) is 0 Å². The van der Waals surface area contributed by atoms with Gasteiger partial charge >= 0.3 is 0 Å². The molecule has 132 valence electrons. The van der Waals surface area contributed by atoms with Crippen LogP contribution in [0.3, 0.4) is 0 Å². The molecule has 7 heteroatoms. The first-order valence-corrected chi connectivity index (χ1v) is 8.47. The summed E-state index contributed by atoms with van der Waals surface area (Å²) in [6.45, 7) is 6.18. The van der Waals surface area contributed by atoms with E-state index in [0.29, 0.717) is 26.2 Å². The molecule has 1 aliphatic heterocycles. The van der Waals surface area contributed by atoms with Crippen LogP contribution in [0.1, 0.15) is 23.4 Å². The van der Waals surface area contributed by atoms with Gasteiger partial charge in [0, 0.05) is 50.7 Å². The number of pyridine rings is 1. The molecule has 1 aliphatic rings. The van der Waals surface area contributed by atoms with E-state index in [4.69, 9.17) is 0 Å². The van der Waals surface area contributed by atoms with Gasteiger partial charge in [-0.2, -0.15) is 0 Å². The lowest BCUT2D eigenvalue weighted by molar-refractivity contribution is -0.129. The van der Waals surface area contributed by atoms with Crippen LogP contribution in [0.25, 0.3) is 0 Å². The van der Waals surface area contributed by atoms with E-state index in [1.54, 1.807) is 23.6 Å². The summed E-state index contributed by atoms with van der Waals surface area (Å²) in [6, 6.07) is 3.77. The van der Waals surface area contributed by atoms with Gasteiger partial charge in [0.1, 0.15) is 0 Å². The minimum atomic E-state index is -0.278. The molecule has 1 N–H and O–H groups in total. The topological polar surface area (TPSA) is 80.1 Å². The van der Waals surface area contributed by atoms with Crippen LogP contribution in [0.2, 0.25) is 0 Å². The molecule has 2 aromatic heterocycles. The summed E-state index contributed by atoms with van der Waals surface area (Å²) >= 11 is 0. The Kier molecular flexibility index (Phi) is 5.11. The zero-order valence-corrected chi connectivity index (χ0v) is 14.6. The number of nitrogens with one attached hydrogen (secondary N) is 1. The molecule has 1 atom stereocenters. The molecule has 0 unspecified atom stereocenters. The quantitative estimate of drug-likeness (QED) is 0.852. The number of hydrogen-bond acceptors (Lipinski definition) is 4. The summed E-state index contributed by atoms with van der Waals surface area (Å²) < 4.78 is 2.02. The summed E-state index contributed by atoms with van der Waals surface area (Å²) in [4.78, 5) is 34.5. The van der Waals surface area contributed by atoms with Crippen LogP contribution in [0.5, 0.6) is 0 Å². The highest BCUT2D eigenvalue weighted by Gasteiger charge is 2.33. The molecule has 3 heterocycles. The molecule has 25 heavy (non-hydrogen) atoms. The normalized spacial score (nSPS) is 17.1. The van der Waals surface area contributed by atoms with Crippen molar-refractivity contribution in [1.29, 1.82) is 0 Å². The summed E-state index contributed by atoms with van der Waals surface area (Å²) in [5.74, 6) is -0.307. The molecule has 0 spiro atoms. The number of amides is 2. The van der Waals surface area contributed by atoms with Crippen LogP contribution in [0.4, 0.5) is 0 Å². The Bertz CT molecular complexity index is 756. The number of carbonyl (C=O) groups excluding carboxylic acids is 2. The molecule has 0 bridgehead atoms. The van der Waals surface area contributed by atoms with Gasteiger partial charge in [-0.15, -0.1) is 0 Å². The number of hydrogen-bond donors (Lipinski definition) is 1. The third-order valence-electron chi connectivity index (χ3n) is 4.71. The van der Waals surface area contributed by atoms with Crippen LogP contribution in [0.15, 0.2) is 30.9 Å². The predicted molar refractivity (Wildman–Crippen MR) is 92.5 cm³/mol. The van der Waals surface area contributed by atoms with Crippen LogP contribution in [-0.4, -0.2) is 44.3 Å². The molecule has 0 aromatic carbocycles. The molecule has 1 fully saturated rings. The van der Waals surface area contributed by atoms with Crippen molar-refractivity contribution in [3.63, 3.8) is 0 Å². The van der Waals surface area contributed by atoms with Gasteiger partial charge in [-0.25, -0.2) is 4.98 Å². The monoisotopic (exact) mass is 341 g/mol. The minimum Gasteiger partial charge on any atom is -0.354 e. The van der Waals surface area contributed by atoms with E-state index >= 15 is 0 Å². The summed E-state index contributed by atoms with van der Waals surface area (Å²) in [5, 5.41) is 2.94. The van der Waals surface area contributed by atoms with E-state index in [1.165, 1.54) is 0 Å². The molecule has 2 amide bonds. The fourth-order valence-electron chi connectivity index (χ4n) is 3.02. The van der Waals surface area contributed by atoms with Gasteiger partial charge < -0.3 is 14.8 Å². The lowest BCUT2D eigenvalue weighted by atomic mass is 10.1. The van der Waals surface area contributed by atoms with E-state index in [2.05, 4.69) is 15.3 Å². The first-order chi connectivity index (χ1) is 12.0. The smallest absolute Gasteiger partial charge is 0.225 e. The number of aromatic nitrogens is 3. The standard InChI is InChI=1S/C18H23N5O2/c1-13-14(2)22(12-21-13)8-7-20-18(25)16-9-17(24)23(11-16)10-15-3-5-19-6-4-15/h3-6,12,16H,7-11H2,1-2H3,(H,20,25)/t16-/m1/s1. The Morgan fingerprint density at radius 3 is 2.76 bits per heavy atom. The number of rotatable bonds is 6. The number of likely N-dealkylation sites (tertiary alicyclic amines) is 1. The van der Waals surface area contributed by atoms with Crippen LogP contribution in [0, 0.1) is 19.8 Å². The van der Waals surface area contributed by atoms with Gasteiger partial charge in [0.2, 0.25) is 11.8 Å². The van der Waals surface area contributed by atoms with E-state index in [0.717, 1.165) is 17.0 Å². The van der Waals surface area contributed by atoms with Crippen molar-refractivity contribution < 1.29 is 9.59 Å². The number of carbonyl (C=O) groups is 2. The lowest BCUT2D eigenvalue weighted by Gasteiger charge is -2.16. The van der Waals surface area contributed by atoms with Gasteiger partial charge in [-0.3, -0.25) is 14.6 Å². The molecule has 1 saturated heterocycles. The fraction of sp³-hybridized carbons (Fsp3) is 0.444. The summed E-state index contributed by atoms with van der Waals surface area (Å²) in [6.07, 6.45) is 5.48. The highest BCUT2D eigenvalue weighted by Crippen LogP contribution is 2.20. The second kappa shape index (κ2) is 7.46. The van der Waals surface area contributed by atoms with Crippen molar-refractivity contribution in [2.45, 2.75) is 33.4 Å². The Balaban J connectivity index is 1.48. The first kappa shape index (κ1) is 17.1. The maximum absolute atomic E-state index is 12.3. The molecule has 7 nitrogen and oxygen atoms in total. The Labute approximate surface area is 147 Å². The molecule has 0 aliphatic carbocycles. The summed E-state index contributed by atoms with van der Waals surface area (Å²) in [7, 11) is 0. The van der Waals surface area contributed by atoms with Crippen LogP contribution >= 0.6 is 0 Å². The molecule has 0 saturated carbocycles. The van der Waals surface area contributed by atoms with E-state index in [-0.39, 0.29) is 24.2 Å². The van der Waals surface area contributed by atoms with E-state index < -0.39 is 0 Å². The fourth-order valence-corrected chi connectivity index (χ4v) is 3.02. The van der Waals surface area contributed by atoms with Crippen molar-refractivity contribution in [1.82, 2.24) is 24.8 Å². The van der Waals surface area contributed by atoms with Gasteiger partial charge in [-0.1, -0.05) is 0 Å². The highest BCUT2D eigenvalue weighted by atomic mass is 16.2. The average molecular weight is 341 g/mol. The lowest BCUT2D eigenvalue weighted by Crippen LogP contribution is -2.34. The SMILES string of the molecule is Cc1ncn(CCNC(=O)[C@@H]2CC(=O)N(Cc3ccncc3)C2)c1C. The van der Waals surface area contributed by atoms with Crippen LogP contribution < -0.4 is 5.32 Å². The average Bonchev–Trinajstić information content (AvgIpc) is 3.13. The molecular formula is C18H23N5O2. The summed E-state index contributed by atoms with van der Waals surface area (Å²) in [5.41, 5.74) is 3.13. The maximum atomic E-state index is 12.3. The molecule has 3 rings (SSSR count). The second-order valence-corrected chi connectivity index (χ2v) is 6.43. The largest absolute Gasteiger partial charge is 0.354 e. The van der Waals surface area contributed by atoms with Gasteiger partial charge in [0.05, 0.1) is 17.9 Å². The third kappa shape index (κ3) is 4.04. The highest BCUT2D eigenvalue weighted by molar-refractivity contribution is 5.89. The van der Waals surface area contributed by atoms with Crippen molar-refractivity contribution in [3.05, 3.63) is 47.8 Å². The van der Waals surface area contributed by atoms with Crippen molar-refractivity contribution in [2.24, 2.45) is 5.92 Å². The Morgan fingerprint density at radius 1 is 1.32 bits per heavy atom. The second-order valence-electron chi connectivity index (χ2n) is 6.43. The van der Waals surface area contributed by atoms with E-state index in [9.17, 15) is 9.59 Å². The number of imidazole rings is 1. The maximum Gasteiger partial charge on any atom is 0.225 e. The third-order valence-corrected chi connectivity index (χ3v) is 4.71. The van der Waals surface area contributed by atoms with Crippen molar-refractivity contribution >= 4 is 11.8 Å². The Hall–Kier alpha value is -2.70. The van der Waals surface area contributed by atoms with Crippen LogP contribution in [-0.2, 0) is 22.7 Å². The molecule has 0 radical (unpaired) electrons. The molecular weight excluding hydrogens is 318 g/mol. The zero-order chi connectivity index (χ0) is 17.8. The van der Waals surface area contributed by atoms with E-state index in [1.807, 2.05) is 30.5 Å². The van der Waals surface area contributed by atoms with Crippen molar-refractivity contribution in [3.8, 4) is 0 Å². The number of nitrogens with zero attached hydrogens (tertiary/aromatic N) is 4. The number of aryl methyl sites for hydroxylation is 1. The van der Waals surface area contributed by atoms with Crippen molar-refractivity contribution in [2.75, 3.05) is 13.1 Å². The molecule has 2 aromatic rings. The predicted octanol–water partition coefficient (Wildman–Crippen LogP) is 1.06. The Morgan fingerprint density at radius 2 is 2.08 bits per heavy atom. The van der Waals surface area contributed by atoms with Gasteiger partial charge in [0.25, 0.3) is 0 Å². The van der Waals surface area contributed by atoms with Gasteiger partial charge in [-0.05, 0) is 31.5 Å².